The van der Waals surface area contributed by atoms with Crippen LogP contribution >= 0.6 is 23.4 Å². The number of ether oxygens (including phenoxy) is 1. The number of nitrogens with one attached hydrogen (secondary N) is 1. The van der Waals surface area contributed by atoms with Gasteiger partial charge in [0.25, 0.3) is 0 Å². The maximum atomic E-state index is 12.4. The van der Waals surface area contributed by atoms with Gasteiger partial charge >= 0.3 is 0 Å². The number of anilines is 1. The average Bonchev–Trinajstić information content (AvgIpc) is 3.11. The van der Waals surface area contributed by atoms with Crippen LogP contribution in [0.5, 0.6) is 5.75 Å². The molecule has 8 heteroatoms. The van der Waals surface area contributed by atoms with Crippen molar-refractivity contribution < 1.29 is 9.53 Å². The molecule has 0 unspecified atom stereocenters. The maximum absolute atomic E-state index is 12.4. The molecule has 3 rings (SSSR count). The van der Waals surface area contributed by atoms with Crippen molar-refractivity contribution in [3.63, 3.8) is 0 Å². The largest absolute Gasteiger partial charge is 0.484 e. The van der Waals surface area contributed by atoms with Crippen LogP contribution in [0.15, 0.2) is 41.6 Å². The Hall–Kier alpha value is -2.51. The van der Waals surface area contributed by atoms with Gasteiger partial charge in [0.15, 0.2) is 11.0 Å². The number of aromatic nitrogens is 3. The molecule has 0 radical (unpaired) electrons. The molecule has 0 spiro atoms. The topological polar surface area (TPSA) is 69.0 Å². The van der Waals surface area contributed by atoms with E-state index in [1.165, 1.54) is 11.8 Å². The van der Waals surface area contributed by atoms with E-state index in [2.05, 4.69) is 15.5 Å². The molecule has 1 aromatic heterocycles. The lowest BCUT2D eigenvalue weighted by molar-refractivity contribution is -0.113. The number of hydrogen-bond donors (Lipinski definition) is 1. The Morgan fingerprint density at radius 2 is 1.87 bits per heavy atom. The second kappa shape index (κ2) is 10.00. The van der Waals surface area contributed by atoms with E-state index in [1.807, 2.05) is 68.7 Å². The Morgan fingerprint density at radius 3 is 2.60 bits per heavy atom. The summed E-state index contributed by atoms with van der Waals surface area (Å²) >= 11 is 7.55. The van der Waals surface area contributed by atoms with Crippen LogP contribution in [0.2, 0.25) is 5.02 Å². The number of carbonyl (C=O) groups is 1. The van der Waals surface area contributed by atoms with Crippen molar-refractivity contribution in [2.24, 2.45) is 0 Å². The Labute approximate surface area is 186 Å². The smallest absolute Gasteiger partial charge is 0.234 e. The summed E-state index contributed by atoms with van der Waals surface area (Å²) in [5, 5.41) is 12.7. The van der Waals surface area contributed by atoms with Crippen LogP contribution < -0.4 is 10.1 Å². The number of halogens is 1. The van der Waals surface area contributed by atoms with Gasteiger partial charge < -0.3 is 14.6 Å². The van der Waals surface area contributed by atoms with E-state index < -0.39 is 0 Å². The zero-order chi connectivity index (χ0) is 21.7. The van der Waals surface area contributed by atoms with E-state index in [-0.39, 0.29) is 18.3 Å². The number of benzene rings is 2. The quantitative estimate of drug-likeness (QED) is 0.484. The summed E-state index contributed by atoms with van der Waals surface area (Å²) in [5.41, 5.74) is 4.10. The first-order valence-electron chi connectivity index (χ1n) is 9.68. The lowest BCUT2D eigenvalue weighted by Gasteiger charge is -2.11. The van der Waals surface area contributed by atoms with Crippen molar-refractivity contribution in [1.29, 1.82) is 0 Å². The van der Waals surface area contributed by atoms with Crippen molar-refractivity contribution >= 4 is 35.0 Å². The van der Waals surface area contributed by atoms with E-state index in [0.717, 1.165) is 22.4 Å². The van der Waals surface area contributed by atoms with E-state index >= 15 is 0 Å². The molecule has 0 saturated heterocycles. The molecule has 0 fully saturated rings. The molecular weight excluding hydrogens is 420 g/mol. The highest BCUT2D eigenvalue weighted by molar-refractivity contribution is 7.99. The number of hydrogen-bond acceptors (Lipinski definition) is 5. The van der Waals surface area contributed by atoms with Crippen LogP contribution in [0, 0.1) is 20.8 Å². The van der Waals surface area contributed by atoms with Gasteiger partial charge in [-0.3, -0.25) is 4.79 Å². The molecule has 1 heterocycles. The van der Waals surface area contributed by atoms with E-state index in [4.69, 9.17) is 16.3 Å². The summed E-state index contributed by atoms with van der Waals surface area (Å²) in [6.45, 7) is 8.92. The first-order valence-corrected chi connectivity index (χ1v) is 11.0. The number of carbonyl (C=O) groups excluding carboxylic acids is 1. The van der Waals surface area contributed by atoms with Gasteiger partial charge in [0.1, 0.15) is 12.4 Å². The van der Waals surface area contributed by atoms with Crippen molar-refractivity contribution in [1.82, 2.24) is 14.8 Å². The van der Waals surface area contributed by atoms with E-state index in [1.54, 1.807) is 0 Å². The van der Waals surface area contributed by atoms with Gasteiger partial charge in [-0.25, -0.2) is 0 Å². The molecule has 1 N–H and O–H groups in total. The number of amides is 1. The van der Waals surface area contributed by atoms with Gasteiger partial charge in [0.05, 0.1) is 10.8 Å². The third kappa shape index (κ3) is 5.55. The number of nitrogens with zero attached hydrogens (tertiary/aromatic N) is 3. The highest BCUT2D eigenvalue weighted by Gasteiger charge is 2.15. The molecule has 1 amide bonds. The van der Waals surface area contributed by atoms with Crippen molar-refractivity contribution in [2.45, 2.75) is 46.0 Å². The normalized spacial score (nSPS) is 10.8. The summed E-state index contributed by atoms with van der Waals surface area (Å²) in [6, 6.07) is 11.6. The Balaban J connectivity index is 1.61. The lowest BCUT2D eigenvalue weighted by atomic mass is 10.1. The van der Waals surface area contributed by atoms with Crippen molar-refractivity contribution in [2.75, 3.05) is 11.1 Å². The molecule has 6 nitrogen and oxygen atoms in total. The molecule has 0 aliphatic heterocycles. The second-order valence-electron chi connectivity index (χ2n) is 7.02. The van der Waals surface area contributed by atoms with Gasteiger partial charge in [-0.05, 0) is 57.0 Å². The zero-order valence-electron chi connectivity index (χ0n) is 17.5. The van der Waals surface area contributed by atoms with Crippen molar-refractivity contribution in [3.8, 4) is 5.75 Å². The van der Waals surface area contributed by atoms with E-state index in [0.29, 0.717) is 28.3 Å². The highest BCUT2D eigenvalue weighted by Crippen LogP contribution is 2.26. The van der Waals surface area contributed by atoms with Crippen LogP contribution in [0.25, 0.3) is 0 Å². The van der Waals surface area contributed by atoms with Gasteiger partial charge in [0, 0.05) is 12.2 Å². The monoisotopic (exact) mass is 444 g/mol. The maximum Gasteiger partial charge on any atom is 0.234 e. The summed E-state index contributed by atoms with van der Waals surface area (Å²) in [6.07, 6.45) is 0. The number of rotatable bonds is 8. The molecule has 158 valence electrons. The van der Waals surface area contributed by atoms with Gasteiger partial charge in [-0.15, -0.1) is 10.2 Å². The summed E-state index contributed by atoms with van der Waals surface area (Å²) < 4.78 is 7.79. The van der Waals surface area contributed by atoms with Gasteiger partial charge in [-0.2, -0.15) is 0 Å². The number of thioether (sulfide) groups is 1. The second-order valence-corrected chi connectivity index (χ2v) is 8.37. The molecule has 2 aromatic carbocycles. The minimum absolute atomic E-state index is 0.0815. The van der Waals surface area contributed by atoms with Crippen LogP contribution in [-0.2, 0) is 17.9 Å². The fourth-order valence-electron chi connectivity index (χ4n) is 2.98. The Kier molecular flexibility index (Phi) is 7.39. The molecule has 0 saturated carbocycles. The van der Waals surface area contributed by atoms with E-state index in [9.17, 15) is 4.79 Å². The molecular formula is C22H25ClN4O2S. The molecule has 3 aromatic rings. The van der Waals surface area contributed by atoms with Crippen LogP contribution in [0.1, 0.15) is 29.4 Å². The molecule has 0 aliphatic rings. The summed E-state index contributed by atoms with van der Waals surface area (Å²) in [5.74, 6) is 1.47. The third-order valence-corrected chi connectivity index (χ3v) is 5.82. The fourth-order valence-corrected chi connectivity index (χ4v) is 3.98. The Morgan fingerprint density at radius 1 is 1.13 bits per heavy atom. The predicted octanol–water partition coefficient (Wildman–Crippen LogP) is 5.19. The minimum atomic E-state index is -0.0815. The lowest BCUT2D eigenvalue weighted by Crippen LogP contribution is -2.15. The summed E-state index contributed by atoms with van der Waals surface area (Å²) in [7, 11) is 0. The minimum Gasteiger partial charge on any atom is -0.484 e. The number of aryl methyl sites for hydroxylation is 3. The standard InChI is InChI=1S/C22H25ClN4O2S/c1-5-27-20(12-29-19-11-15(3)6-8-17(19)23)25-26-22(27)30-13-21(28)24-18-9-7-14(2)10-16(18)4/h6-11H,5,12-13H2,1-4H3,(H,24,28). The predicted molar refractivity (Wildman–Crippen MR) is 121 cm³/mol. The summed E-state index contributed by atoms with van der Waals surface area (Å²) in [4.78, 5) is 12.4. The average molecular weight is 445 g/mol. The zero-order valence-corrected chi connectivity index (χ0v) is 19.1. The van der Waals surface area contributed by atoms with Crippen molar-refractivity contribution in [3.05, 3.63) is 63.9 Å². The van der Waals surface area contributed by atoms with Gasteiger partial charge in [0.2, 0.25) is 5.91 Å². The molecule has 30 heavy (non-hydrogen) atoms. The SMILES string of the molecule is CCn1c(COc2cc(C)ccc2Cl)nnc1SCC(=O)Nc1ccc(C)cc1C. The van der Waals surface area contributed by atoms with Crippen LogP contribution in [0.3, 0.4) is 0 Å². The Bertz CT molecular complexity index is 1050. The molecule has 0 atom stereocenters. The molecule has 0 aliphatic carbocycles. The fraction of sp³-hybridized carbons (Fsp3) is 0.318. The molecule has 0 bridgehead atoms. The van der Waals surface area contributed by atoms with Gasteiger partial charge in [-0.1, -0.05) is 47.1 Å². The third-order valence-electron chi connectivity index (χ3n) is 4.54. The first kappa shape index (κ1) is 22.2. The highest BCUT2D eigenvalue weighted by atomic mass is 35.5. The van der Waals surface area contributed by atoms with Crippen LogP contribution in [0.4, 0.5) is 5.69 Å². The first-order chi connectivity index (χ1) is 14.4. The van der Waals surface area contributed by atoms with Crippen LogP contribution in [-0.4, -0.2) is 26.4 Å².